The first-order chi connectivity index (χ1) is 7.88. The van der Waals surface area contributed by atoms with Crippen LogP contribution in [0.15, 0.2) is 11.1 Å². The highest BCUT2D eigenvalue weighted by Gasteiger charge is 2.29. The molecule has 96 valence electrons. The molecule has 8 heteroatoms. The minimum Gasteiger partial charge on any atom is -0.393 e. The van der Waals surface area contributed by atoms with Crippen molar-refractivity contribution in [2.24, 2.45) is 13.0 Å². The van der Waals surface area contributed by atoms with Crippen LogP contribution < -0.4 is 10.5 Å². The second kappa shape index (κ2) is 4.28. The van der Waals surface area contributed by atoms with Gasteiger partial charge in [-0.3, -0.25) is 4.68 Å². The zero-order valence-electron chi connectivity index (χ0n) is 9.50. The second-order valence-electron chi connectivity index (χ2n) is 4.40. The summed E-state index contributed by atoms with van der Waals surface area (Å²) in [5.41, 5.74) is 5.51. The smallest absolute Gasteiger partial charge is 0.245 e. The molecule has 0 aromatic carbocycles. The van der Waals surface area contributed by atoms with E-state index < -0.39 is 10.0 Å². The van der Waals surface area contributed by atoms with E-state index in [4.69, 9.17) is 10.8 Å². The van der Waals surface area contributed by atoms with Crippen molar-refractivity contribution in [2.45, 2.75) is 23.8 Å². The van der Waals surface area contributed by atoms with Gasteiger partial charge in [-0.1, -0.05) is 0 Å². The van der Waals surface area contributed by atoms with Gasteiger partial charge in [0, 0.05) is 19.8 Å². The number of nitrogens with zero attached hydrogens (tertiary/aromatic N) is 2. The van der Waals surface area contributed by atoms with Crippen molar-refractivity contribution < 1.29 is 13.5 Å². The number of aliphatic hydroxyl groups is 1. The summed E-state index contributed by atoms with van der Waals surface area (Å²) in [4.78, 5) is -0.000119. The number of aryl methyl sites for hydroxylation is 1. The average molecular weight is 260 g/mol. The molecule has 2 rings (SSSR count). The molecule has 0 aliphatic heterocycles. The highest BCUT2D eigenvalue weighted by Crippen LogP contribution is 2.26. The van der Waals surface area contributed by atoms with Crippen molar-refractivity contribution in [3.63, 3.8) is 0 Å². The van der Waals surface area contributed by atoms with E-state index in [1.54, 1.807) is 7.05 Å². The molecule has 1 heterocycles. The monoisotopic (exact) mass is 260 g/mol. The molecule has 1 aliphatic rings. The third kappa shape index (κ3) is 2.59. The van der Waals surface area contributed by atoms with E-state index in [9.17, 15) is 8.42 Å². The van der Waals surface area contributed by atoms with Crippen molar-refractivity contribution in [2.75, 3.05) is 12.3 Å². The van der Waals surface area contributed by atoms with Crippen LogP contribution in [0.1, 0.15) is 12.8 Å². The van der Waals surface area contributed by atoms with Crippen LogP contribution in [0.4, 0.5) is 5.82 Å². The van der Waals surface area contributed by atoms with Gasteiger partial charge in [0.05, 0.1) is 6.10 Å². The molecular formula is C9H16N4O3S. The molecule has 4 N–H and O–H groups in total. The standard InChI is InChI=1S/C9H16N4O3S/c1-13-5-8(9(10)12-13)17(15,16)11-4-6-2-7(14)3-6/h5-7,11,14H,2-4H2,1H3,(H2,10,12). The van der Waals surface area contributed by atoms with Gasteiger partial charge in [0.2, 0.25) is 10.0 Å². The van der Waals surface area contributed by atoms with Crippen LogP contribution in [-0.2, 0) is 17.1 Å². The molecule has 0 amide bonds. The van der Waals surface area contributed by atoms with Gasteiger partial charge in [0.15, 0.2) is 5.82 Å². The summed E-state index contributed by atoms with van der Waals surface area (Å²) in [5, 5.41) is 12.9. The number of nitrogens with two attached hydrogens (primary N) is 1. The Morgan fingerprint density at radius 1 is 1.65 bits per heavy atom. The predicted octanol–water partition coefficient (Wildman–Crippen LogP) is -0.948. The lowest BCUT2D eigenvalue weighted by atomic mass is 9.83. The van der Waals surface area contributed by atoms with Crippen molar-refractivity contribution in [1.29, 1.82) is 0 Å². The first kappa shape index (κ1) is 12.3. The lowest BCUT2D eigenvalue weighted by Gasteiger charge is -2.31. The number of hydrogen-bond acceptors (Lipinski definition) is 5. The molecular weight excluding hydrogens is 244 g/mol. The van der Waals surface area contributed by atoms with E-state index in [1.165, 1.54) is 10.9 Å². The van der Waals surface area contributed by atoms with E-state index >= 15 is 0 Å². The molecule has 1 aromatic rings. The number of rotatable bonds is 4. The fourth-order valence-electron chi connectivity index (χ4n) is 1.86. The number of aromatic nitrogens is 2. The van der Waals surface area contributed by atoms with Crippen LogP contribution in [0.5, 0.6) is 0 Å². The van der Waals surface area contributed by atoms with E-state index in [0.29, 0.717) is 19.4 Å². The van der Waals surface area contributed by atoms with Gasteiger partial charge < -0.3 is 10.8 Å². The number of aliphatic hydroxyl groups excluding tert-OH is 1. The van der Waals surface area contributed by atoms with E-state index in [2.05, 4.69) is 9.82 Å². The third-order valence-corrected chi connectivity index (χ3v) is 4.32. The molecule has 0 atom stereocenters. The largest absolute Gasteiger partial charge is 0.393 e. The molecule has 1 aliphatic carbocycles. The molecule has 0 radical (unpaired) electrons. The second-order valence-corrected chi connectivity index (χ2v) is 6.13. The predicted molar refractivity (Wildman–Crippen MR) is 61.5 cm³/mol. The Bertz CT molecular complexity index is 504. The Labute approximate surface area is 99.7 Å². The van der Waals surface area contributed by atoms with Crippen LogP contribution >= 0.6 is 0 Å². The van der Waals surface area contributed by atoms with Crippen LogP contribution in [-0.4, -0.2) is 36.0 Å². The molecule has 17 heavy (non-hydrogen) atoms. The molecule has 1 saturated carbocycles. The first-order valence-corrected chi connectivity index (χ1v) is 6.83. The SMILES string of the molecule is Cn1cc(S(=O)(=O)NCC2CC(O)C2)c(N)n1. The van der Waals surface area contributed by atoms with Crippen molar-refractivity contribution in [1.82, 2.24) is 14.5 Å². The van der Waals surface area contributed by atoms with Crippen LogP contribution in [0.25, 0.3) is 0 Å². The van der Waals surface area contributed by atoms with Gasteiger partial charge in [0.25, 0.3) is 0 Å². The molecule has 0 unspecified atom stereocenters. The Kier molecular flexibility index (Phi) is 3.11. The zero-order valence-corrected chi connectivity index (χ0v) is 10.3. The maximum atomic E-state index is 11.9. The Morgan fingerprint density at radius 3 is 2.76 bits per heavy atom. The first-order valence-electron chi connectivity index (χ1n) is 5.35. The minimum absolute atomic E-state index is 0.000119. The van der Waals surface area contributed by atoms with Crippen molar-refractivity contribution >= 4 is 15.8 Å². The molecule has 0 saturated heterocycles. The summed E-state index contributed by atoms with van der Waals surface area (Å²) in [6.45, 7) is 0.327. The third-order valence-electron chi connectivity index (χ3n) is 2.88. The van der Waals surface area contributed by atoms with Crippen LogP contribution in [0.2, 0.25) is 0 Å². The summed E-state index contributed by atoms with van der Waals surface area (Å²) < 4.78 is 27.6. The molecule has 0 bridgehead atoms. The summed E-state index contributed by atoms with van der Waals surface area (Å²) >= 11 is 0. The van der Waals surface area contributed by atoms with Gasteiger partial charge in [0.1, 0.15) is 4.90 Å². The summed E-state index contributed by atoms with van der Waals surface area (Å²) in [6, 6.07) is 0. The number of hydrogen-bond donors (Lipinski definition) is 3. The lowest BCUT2D eigenvalue weighted by molar-refractivity contribution is 0.0453. The molecule has 1 aromatic heterocycles. The van der Waals surface area contributed by atoms with E-state index in [1.807, 2.05) is 0 Å². The van der Waals surface area contributed by atoms with E-state index in [-0.39, 0.29) is 22.7 Å². The summed E-state index contributed by atoms with van der Waals surface area (Å²) in [6.07, 6.45) is 2.37. The highest BCUT2D eigenvalue weighted by molar-refractivity contribution is 7.89. The Balaban J connectivity index is 2.01. The molecule has 0 spiro atoms. The zero-order chi connectivity index (χ0) is 12.6. The van der Waals surface area contributed by atoms with Crippen LogP contribution in [0.3, 0.4) is 0 Å². The van der Waals surface area contributed by atoms with Gasteiger partial charge in [-0.2, -0.15) is 5.10 Å². The highest BCUT2D eigenvalue weighted by atomic mass is 32.2. The van der Waals surface area contributed by atoms with Gasteiger partial charge in [-0.15, -0.1) is 0 Å². The fraction of sp³-hybridized carbons (Fsp3) is 0.667. The maximum absolute atomic E-state index is 11.9. The normalized spacial score (nSPS) is 24.6. The maximum Gasteiger partial charge on any atom is 0.245 e. The van der Waals surface area contributed by atoms with Crippen molar-refractivity contribution in [3.8, 4) is 0 Å². The van der Waals surface area contributed by atoms with Gasteiger partial charge in [-0.25, -0.2) is 13.1 Å². The van der Waals surface area contributed by atoms with Crippen LogP contribution in [0, 0.1) is 5.92 Å². The number of anilines is 1. The Hall–Kier alpha value is -1.12. The molecule has 1 fully saturated rings. The summed E-state index contributed by atoms with van der Waals surface area (Å²) in [5.74, 6) is 0.200. The number of nitrogens with one attached hydrogen (secondary N) is 1. The molecule has 7 nitrogen and oxygen atoms in total. The number of nitrogen functional groups attached to an aromatic ring is 1. The van der Waals surface area contributed by atoms with Gasteiger partial charge in [-0.05, 0) is 18.8 Å². The quantitative estimate of drug-likeness (QED) is 0.646. The topological polar surface area (TPSA) is 110 Å². The average Bonchev–Trinajstić information content (AvgIpc) is 2.51. The summed E-state index contributed by atoms with van der Waals surface area (Å²) in [7, 11) is -1.99. The minimum atomic E-state index is -3.60. The Morgan fingerprint density at radius 2 is 2.29 bits per heavy atom. The number of sulfonamides is 1. The van der Waals surface area contributed by atoms with Gasteiger partial charge >= 0.3 is 0 Å². The van der Waals surface area contributed by atoms with Crippen molar-refractivity contribution in [3.05, 3.63) is 6.20 Å². The van der Waals surface area contributed by atoms with E-state index in [0.717, 1.165) is 0 Å². The fourth-order valence-corrected chi connectivity index (χ4v) is 3.08. The lowest BCUT2D eigenvalue weighted by Crippen LogP contribution is -2.38.